The summed E-state index contributed by atoms with van der Waals surface area (Å²) in [5.41, 5.74) is 7.79. The topological polar surface area (TPSA) is 26.0 Å². The first-order valence-electron chi connectivity index (χ1n) is 7.10. The molecule has 0 radical (unpaired) electrons. The Morgan fingerprint density at radius 1 is 1.22 bits per heavy atom. The van der Waals surface area contributed by atoms with Gasteiger partial charge in [-0.05, 0) is 42.9 Å². The summed E-state index contributed by atoms with van der Waals surface area (Å²) >= 11 is 3.49. The Morgan fingerprint density at radius 3 is 2.44 bits per heavy atom. The van der Waals surface area contributed by atoms with Crippen LogP contribution in [-0.4, -0.2) is 0 Å². The quantitative estimate of drug-likeness (QED) is 0.849. The summed E-state index contributed by atoms with van der Waals surface area (Å²) in [6, 6.07) is 8.55. The van der Waals surface area contributed by atoms with E-state index in [1.54, 1.807) is 0 Å². The first-order chi connectivity index (χ1) is 8.55. The highest BCUT2D eigenvalue weighted by Gasteiger charge is 2.37. The van der Waals surface area contributed by atoms with E-state index in [0.717, 1.165) is 10.4 Å². The molecule has 1 aromatic rings. The maximum absolute atomic E-state index is 6.71. The van der Waals surface area contributed by atoms with Crippen LogP contribution in [0.1, 0.15) is 51.5 Å². The van der Waals surface area contributed by atoms with Gasteiger partial charge in [0.15, 0.2) is 0 Å². The lowest BCUT2D eigenvalue weighted by Gasteiger charge is -2.42. The lowest BCUT2D eigenvalue weighted by Crippen LogP contribution is -2.45. The molecule has 3 atom stereocenters. The van der Waals surface area contributed by atoms with Crippen LogP contribution in [0.2, 0.25) is 0 Å². The van der Waals surface area contributed by atoms with Gasteiger partial charge >= 0.3 is 0 Å². The Kier molecular flexibility index (Phi) is 4.50. The predicted octanol–water partition coefficient (Wildman–Crippen LogP) is 4.84. The predicted molar refractivity (Wildman–Crippen MR) is 81.4 cm³/mol. The van der Waals surface area contributed by atoms with Crippen molar-refractivity contribution in [3.05, 3.63) is 34.3 Å². The van der Waals surface area contributed by atoms with Crippen molar-refractivity contribution in [2.24, 2.45) is 17.6 Å². The summed E-state index contributed by atoms with van der Waals surface area (Å²) in [5.74, 6) is 1.41. The normalized spacial score (nSPS) is 27.8. The smallest absolute Gasteiger partial charge is 0.0412 e. The monoisotopic (exact) mass is 309 g/mol. The van der Waals surface area contributed by atoms with E-state index >= 15 is 0 Å². The van der Waals surface area contributed by atoms with Gasteiger partial charge in [-0.15, -0.1) is 0 Å². The van der Waals surface area contributed by atoms with E-state index in [-0.39, 0.29) is 5.54 Å². The molecule has 1 saturated carbocycles. The van der Waals surface area contributed by atoms with Crippen LogP contribution in [0.4, 0.5) is 0 Å². The van der Waals surface area contributed by atoms with Crippen LogP contribution in [0, 0.1) is 11.8 Å². The van der Waals surface area contributed by atoms with Crippen molar-refractivity contribution in [1.82, 2.24) is 0 Å². The Hall–Kier alpha value is -0.340. The molecule has 0 heterocycles. The standard InChI is InChI=1S/C16H24BrN/c1-3-12-6-4-5-7-15(12)16(2,18)13-8-10-14(17)11-9-13/h8-12,15H,3-7,18H2,1-2H3. The van der Waals surface area contributed by atoms with E-state index in [4.69, 9.17) is 5.73 Å². The van der Waals surface area contributed by atoms with E-state index in [1.807, 2.05) is 0 Å². The summed E-state index contributed by atoms with van der Waals surface area (Å²) in [6.07, 6.45) is 6.61. The molecule has 2 heteroatoms. The number of hydrogen-bond acceptors (Lipinski definition) is 1. The molecular weight excluding hydrogens is 286 g/mol. The molecule has 0 aliphatic heterocycles. The van der Waals surface area contributed by atoms with E-state index in [1.165, 1.54) is 37.7 Å². The fourth-order valence-electron chi connectivity index (χ4n) is 3.51. The first-order valence-corrected chi connectivity index (χ1v) is 7.90. The second-order valence-corrected chi connectivity index (χ2v) is 6.76. The van der Waals surface area contributed by atoms with Crippen molar-refractivity contribution in [3.63, 3.8) is 0 Å². The molecule has 1 aromatic carbocycles. The van der Waals surface area contributed by atoms with Crippen molar-refractivity contribution in [1.29, 1.82) is 0 Å². The van der Waals surface area contributed by atoms with Crippen molar-refractivity contribution < 1.29 is 0 Å². The highest BCUT2D eigenvalue weighted by Crippen LogP contribution is 2.42. The number of halogens is 1. The molecular formula is C16H24BrN. The van der Waals surface area contributed by atoms with Gasteiger partial charge < -0.3 is 5.73 Å². The molecule has 1 aliphatic carbocycles. The van der Waals surface area contributed by atoms with Crippen molar-refractivity contribution in [2.75, 3.05) is 0 Å². The van der Waals surface area contributed by atoms with Crippen molar-refractivity contribution >= 4 is 15.9 Å². The molecule has 1 fully saturated rings. The number of nitrogens with two attached hydrogens (primary N) is 1. The molecule has 2 N–H and O–H groups in total. The Labute approximate surface area is 119 Å². The summed E-state index contributed by atoms with van der Waals surface area (Å²) in [6.45, 7) is 4.52. The molecule has 1 nitrogen and oxygen atoms in total. The lowest BCUT2D eigenvalue weighted by atomic mass is 9.66. The van der Waals surface area contributed by atoms with E-state index in [2.05, 4.69) is 54.0 Å². The molecule has 2 rings (SSSR count). The minimum atomic E-state index is -0.193. The van der Waals surface area contributed by atoms with E-state index < -0.39 is 0 Å². The molecule has 0 saturated heterocycles. The van der Waals surface area contributed by atoms with Gasteiger partial charge in [0.2, 0.25) is 0 Å². The largest absolute Gasteiger partial charge is 0.321 e. The zero-order valence-electron chi connectivity index (χ0n) is 11.5. The fraction of sp³-hybridized carbons (Fsp3) is 0.625. The Morgan fingerprint density at radius 2 is 1.83 bits per heavy atom. The molecule has 0 bridgehead atoms. The number of benzene rings is 1. The summed E-state index contributed by atoms with van der Waals surface area (Å²) < 4.78 is 1.12. The summed E-state index contributed by atoms with van der Waals surface area (Å²) in [7, 11) is 0. The second-order valence-electron chi connectivity index (χ2n) is 5.85. The van der Waals surface area contributed by atoms with Gasteiger partial charge in [0, 0.05) is 10.0 Å². The number of rotatable bonds is 3. The molecule has 0 spiro atoms. The Balaban J connectivity index is 2.25. The summed E-state index contributed by atoms with van der Waals surface area (Å²) in [5, 5.41) is 0. The van der Waals surface area contributed by atoms with Gasteiger partial charge in [-0.25, -0.2) is 0 Å². The third-order valence-corrected chi connectivity index (χ3v) is 5.20. The van der Waals surface area contributed by atoms with Crippen LogP contribution in [0.3, 0.4) is 0 Å². The lowest BCUT2D eigenvalue weighted by molar-refractivity contribution is 0.138. The summed E-state index contributed by atoms with van der Waals surface area (Å²) in [4.78, 5) is 0. The van der Waals surface area contributed by atoms with Crippen LogP contribution in [0.25, 0.3) is 0 Å². The van der Waals surface area contributed by atoms with Crippen LogP contribution >= 0.6 is 15.9 Å². The van der Waals surface area contributed by atoms with Gasteiger partial charge in [0.25, 0.3) is 0 Å². The minimum absolute atomic E-state index is 0.193. The highest BCUT2D eigenvalue weighted by atomic mass is 79.9. The van der Waals surface area contributed by atoms with Crippen LogP contribution < -0.4 is 5.73 Å². The van der Waals surface area contributed by atoms with Gasteiger partial charge in [-0.1, -0.05) is 60.7 Å². The van der Waals surface area contributed by atoms with Gasteiger partial charge in [0.1, 0.15) is 0 Å². The van der Waals surface area contributed by atoms with Gasteiger partial charge in [0.05, 0.1) is 0 Å². The SMILES string of the molecule is CCC1CCCCC1C(C)(N)c1ccc(Br)cc1. The van der Waals surface area contributed by atoms with Gasteiger partial charge in [-0.3, -0.25) is 0 Å². The average Bonchev–Trinajstić information content (AvgIpc) is 2.39. The van der Waals surface area contributed by atoms with Crippen LogP contribution in [0.15, 0.2) is 28.7 Å². The maximum Gasteiger partial charge on any atom is 0.0412 e. The third-order valence-electron chi connectivity index (χ3n) is 4.67. The Bertz CT molecular complexity index is 383. The number of hydrogen-bond donors (Lipinski definition) is 1. The average molecular weight is 310 g/mol. The highest BCUT2D eigenvalue weighted by molar-refractivity contribution is 9.10. The second kappa shape index (κ2) is 5.75. The molecule has 3 unspecified atom stereocenters. The fourth-order valence-corrected chi connectivity index (χ4v) is 3.77. The zero-order chi connectivity index (χ0) is 13.2. The molecule has 100 valence electrons. The van der Waals surface area contributed by atoms with E-state index in [0.29, 0.717) is 5.92 Å². The zero-order valence-corrected chi connectivity index (χ0v) is 13.0. The van der Waals surface area contributed by atoms with E-state index in [9.17, 15) is 0 Å². The first kappa shape index (κ1) is 14.1. The van der Waals surface area contributed by atoms with Gasteiger partial charge in [-0.2, -0.15) is 0 Å². The van der Waals surface area contributed by atoms with Crippen LogP contribution in [-0.2, 0) is 5.54 Å². The molecule has 18 heavy (non-hydrogen) atoms. The molecule has 0 aromatic heterocycles. The maximum atomic E-state index is 6.71. The molecule has 1 aliphatic rings. The molecule has 0 amide bonds. The van der Waals surface area contributed by atoms with Crippen molar-refractivity contribution in [3.8, 4) is 0 Å². The van der Waals surface area contributed by atoms with Crippen molar-refractivity contribution in [2.45, 2.75) is 51.5 Å². The minimum Gasteiger partial charge on any atom is -0.321 e. The van der Waals surface area contributed by atoms with Crippen LogP contribution in [0.5, 0.6) is 0 Å². The third kappa shape index (κ3) is 2.80.